The fraction of sp³-hybridized carbons (Fsp3) is 0.100. The van der Waals surface area contributed by atoms with Crippen LogP contribution in [0.4, 0.5) is 0 Å². The second kappa shape index (κ2) is 6.76. The minimum Gasteiger partial charge on any atom is -0.481 e. The van der Waals surface area contributed by atoms with Gasteiger partial charge in [-0.15, -0.1) is 0 Å². The molecule has 4 rings (SSSR count). The zero-order valence-electron chi connectivity index (χ0n) is 14.2. The molecule has 1 aromatic carbocycles. The summed E-state index contributed by atoms with van der Waals surface area (Å²) >= 11 is 0. The van der Waals surface area contributed by atoms with Crippen molar-refractivity contribution in [3.63, 3.8) is 0 Å². The van der Waals surface area contributed by atoms with Gasteiger partial charge in [0.15, 0.2) is 5.65 Å². The van der Waals surface area contributed by atoms with Gasteiger partial charge in [0, 0.05) is 18.5 Å². The molecule has 0 fully saturated rings. The predicted molar refractivity (Wildman–Crippen MR) is 99.1 cm³/mol. The highest BCUT2D eigenvalue weighted by atomic mass is 16.5. The van der Waals surface area contributed by atoms with Crippen molar-refractivity contribution in [2.45, 2.75) is 6.54 Å². The third-order valence-electron chi connectivity index (χ3n) is 4.17. The second-order valence-corrected chi connectivity index (χ2v) is 5.82. The number of ether oxygens (including phenoxy) is 1. The summed E-state index contributed by atoms with van der Waals surface area (Å²) in [6.45, 7) is 0.444. The van der Waals surface area contributed by atoms with Gasteiger partial charge in [0.1, 0.15) is 0 Å². The van der Waals surface area contributed by atoms with Crippen LogP contribution in [0, 0.1) is 0 Å². The molecule has 6 nitrogen and oxygen atoms in total. The Balaban J connectivity index is 1.74. The van der Waals surface area contributed by atoms with E-state index in [9.17, 15) is 4.79 Å². The molecule has 0 unspecified atom stereocenters. The van der Waals surface area contributed by atoms with Crippen molar-refractivity contribution in [2.24, 2.45) is 0 Å². The topological polar surface area (TPSA) is 69.9 Å². The number of nitrogens with zero attached hydrogens (tertiary/aromatic N) is 4. The highest BCUT2D eigenvalue weighted by molar-refractivity contribution is 5.69. The van der Waals surface area contributed by atoms with Crippen molar-refractivity contribution in [3.8, 4) is 17.0 Å². The molecule has 0 amide bonds. The zero-order chi connectivity index (χ0) is 17.9. The van der Waals surface area contributed by atoms with Gasteiger partial charge in [-0.05, 0) is 41.0 Å². The van der Waals surface area contributed by atoms with Crippen molar-refractivity contribution >= 4 is 11.2 Å². The number of hydrogen-bond acceptors (Lipinski definition) is 5. The highest BCUT2D eigenvalue weighted by Gasteiger charge is 2.07. The van der Waals surface area contributed by atoms with E-state index in [2.05, 4.69) is 21.0 Å². The van der Waals surface area contributed by atoms with Crippen LogP contribution in [0.3, 0.4) is 0 Å². The van der Waals surface area contributed by atoms with Crippen LogP contribution in [0.1, 0.15) is 5.56 Å². The summed E-state index contributed by atoms with van der Waals surface area (Å²) in [6, 6.07) is 15.5. The van der Waals surface area contributed by atoms with E-state index >= 15 is 0 Å². The Morgan fingerprint density at radius 3 is 2.73 bits per heavy atom. The van der Waals surface area contributed by atoms with Gasteiger partial charge in [-0.1, -0.05) is 18.2 Å². The molecule has 3 heterocycles. The summed E-state index contributed by atoms with van der Waals surface area (Å²) in [5, 5.41) is 0. The van der Waals surface area contributed by atoms with Crippen LogP contribution in [0.2, 0.25) is 0 Å². The van der Waals surface area contributed by atoms with Crippen LogP contribution >= 0.6 is 0 Å². The average molecular weight is 344 g/mol. The number of methoxy groups -OCH3 is 1. The van der Waals surface area contributed by atoms with Crippen LogP contribution in [-0.2, 0) is 6.54 Å². The molecule has 0 bridgehead atoms. The minimum atomic E-state index is -0.151. The van der Waals surface area contributed by atoms with Crippen LogP contribution in [0.25, 0.3) is 22.3 Å². The standard InChI is InChI=1S/C20H16N4O2/c1-26-18-11-16(7-9-21-18)15-5-2-4-14(10-15)13-24-17-6-3-8-22-20(17)23-12-19(24)25/h2-12H,13H2,1H3. The molecule has 6 heteroatoms. The Bertz CT molecular complexity index is 1140. The van der Waals surface area contributed by atoms with E-state index in [-0.39, 0.29) is 5.56 Å². The van der Waals surface area contributed by atoms with Gasteiger partial charge in [0.2, 0.25) is 5.88 Å². The molecule has 128 valence electrons. The van der Waals surface area contributed by atoms with Crippen LogP contribution in [-0.4, -0.2) is 26.6 Å². The third kappa shape index (κ3) is 3.04. The SMILES string of the molecule is COc1cc(-c2cccc(Cn3c(=O)cnc4ncccc43)c2)ccn1. The minimum absolute atomic E-state index is 0.151. The lowest BCUT2D eigenvalue weighted by Crippen LogP contribution is -2.21. The lowest BCUT2D eigenvalue weighted by Gasteiger charge is -2.10. The van der Waals surface area contributed by atoms with Gasteiger partial charge in [-0.25, -0.2) is 15.0 Å². The van der Waals surface area contributed by atoms with E-state index in [1.165, 1.54) is 6.20 Å². The van der Waals surface area contributed by atoms with Crippen molar-refractivity contribution in [3.05, 3.63) is 83.0 Å². The van der Waals surface area contributed by atoms with Crippen molar-refractivity contribution in [1.82, 2.24) is 19.5 Å². The molecule has 0 aliphatic rings. The molecule has 3 aromatic heterocycles. The fourth-order valence-corrected chi connectivity index (χ4v) is 2.90. The number of hydrogen-bond donors (Lipinski definition) is 0. The maximum absolute atomic E-state index is 12.3. The lowest BCUT2D eigenvalue weighted by atomic mass is 10.0. The predicted octanol–water partition coefficient (Wildman–Crippen LogP) is 2.91. The van der Waals surface area contributed by atoms with E-state index in [4.69, 9.17) is 4.74 Å². The monoisotopic (exact) mass is 344 g/mol. The Morgan fingerprint density at radius 1 is 0.962 bits per heavy atom. The Labute approximate surface area is 149 Å². The summed E-state index contributed by atoms with van der Waals surface area (Å²) in [5.41, 5.74) is 4.18. The second-order valence-electron chi connectivity index (χ2n) is 5.82. The number of aromatic nitrogens is 4. The first-order chi connectivity index (χ1) is 12.7. The molecule has 0 N–H and O–H groups in total. The van der Waals surface area contributed by atoms with E-state index in [1.54, 1.807) is 30.1 Å². The molecular weight excluding hydrogens is 328 g/mol. The quantitative estimate of drug-likeness (QED) is 0.569. The van der Waals surface area contributed by atoms with Gasteiger partial charge < -0.3 is 4.74 Å². The van der Waals surface area contributed by atoms with Gasteiger partial charge in [-0.2, -0.15) is 0 Å². The molecule has 0 aliphatic carbocycles. The first-order valence-corrected chi connectivity index (χ1v) is 8.14. The van der Waals surface area contributed by atoms with Gasteiger partial charge in [0.25, 0.3) is 5.56 Å². The van der Waals surface area contributed by atoms with Crippen molar-refractivity contribution < 1.29 is 4.74 Å². The number of rotatable bonds is 4. The molecular formula is C20H16N4O2. The molecule has 26 heavy (non-hydrogen) atoms. The molecule has 4 aromatic rings. The normalized spacial score (nSPS) is 10.8. The number of pyridine rings is 2. The van der Waals surface area contributed by atoms with Gasteiger partial charge in [0.05, 0.1) is 25.4 Å². The summed E-state index contributed by atoms with van der Waals surface area (Å²) in [4.78, 5) is 24.8. The first kappa shape index (κ1) is 16.0. The highest BCUT2D eigenvalue weighted by Crippen LogP contribution is 2.23. The summed E-state index contributed by atoms with van der Waals surface area (Å²) in [5.74, 6) is 0.565. The van der Waals surface area contributed by atoms with Crippen LogP contribution in [0.5, 0.6) is 5.88 Å². The smallest absolute Gasteiger partial charge is 0.269 e. The Kier molecular flexibility index (Phi) is 4.15. The summed E-state index contributed by atoms with van der Waals surface area (Å²) < 4.78 is 6.88. The maximum Gasteiger partial charge on any atom is 0.269 e. The van der Waals surface area contributed by atoms with E-state index in [1.807, 2.05) is 36.4 Å². The maximum atomic E-state index is 12.3. The molecule has 0 saturated carbocycles. The van der Waals surface area contributed by atoms with Crippen LogP contribution < -0.4 is 10.3 Å². The van der Waals surface area contributed by atoms with Crippen molar-refractivity contribution in [2.75, 3.05) is 7.11 Å². The number of benzene rings is 1. The summed E-state index contributed by atoms with van der Waals surface area (Å²) in [6.07, 6.45) is 4.70. The van der Waals surface area contributed by atoms with E-state index < -0.39 is 0 Å². The molecule has 0 atom stereocenters. The largest absolute Gasteiger partial charge is 0.481 e. The molecule has 0 saturated heterocycles. The average Bonchev–Trinajstić information content (AvgIpc) is 2.70. The number of fused-ring (bicyclic) bond motifs is 1. The van der Waals surface area contributed by atoms with E-state index in [0.29, 0.717) is 18.1 Å². The van der Waals surface area contributed by atoms with Gasteiger partial charge >= 0.3 is 0 Å². The molecule has 0 aliphatic heterocycles. The third-order valence-corrected chi connectivity index (χ3v) is 4.17. The Hall–Kier alpha value is -3.54. The molecule has 0 spiro atoms. The zero-order valence-corrected chi connectivity index (χ0v) is 14.2. The van der Waals surface area contributed by atoms with Gasteiger partial charge in [-0.3, -0.25) is 9.36 Å². The molecule has 0 radical (unpaired) electrons. The van der Waals surface area contributed by atoms with Crippen LogP contribution in [0.15, 0.2) is 71.9 Å². The van der Waals surface area contributed by atoms with E-state index in [0.717, 1.165) is 22.2 Å². The first-order valence-electron chi connectivity index (χ1n) is 8.14. The lowest BCUT2D eigenvalue weighted by molar-refractivity contribution is 0.398. The summed E-state index contributed by atoms with van der Waals surface area (Å²) in [7, 11) is 1.59. The van der Waals surface area contributed by atoms with Crippen molar-refractivity contribution in [1.29, 1.82) is 0 Å². The Morgan fingerprint density at radius 2 is 1.85 bits per heavy atom. The fourth-order valence-electron chi connectivity index (χ4n) is 2.90.